The van der Waals surface area contributed by atoms with Crippen LogP contribution in [0.25, 0.3) is 33.5 Å². The van der Waals surface area contributed by atoms with Crippen molar-refractivity contribution in [3.05, 3.63) is 69.8 Å². The number of nitrogens with zero attached hydrogens (tertiary/aromatic N) is 1. The molecular formula is C19H13BrN2O3. The van der Waals surface area contributed by atoms with E-state index in [0.717, 1.165) is 15.7 Å². The molecule has 2 aromatic carbocycles. The third-order valence-electron chi connectivity index (χ3n) is 3.98. The summed E-state index contributed by atoms with van der Waals surface area (Å²) in [4.78, 5) is 19.9. The van der Waals surface area contributed by atoms with Gasteiger partial charge in [0, 0.05) is 27.7 Å². The zero-order valence-corrected chi connectivity index (χ0v) is 14.8. The van der Waals surface area contributed by atoms with Gasteiger partial charge >= 0.3 is 0 Å². The van der Waals surface area contributed by atoms with Crippen LogP contribution in [0, 0.1) is 0 Å². The van der Waals surface area contributed by atoms with E-state index in [1.54, 1.807) is 31.5 Å². The maximum Gasteiger partial charge on any atom is 0.190 e. The average molecular weight is 397 g/mol. The van der Waals surface area contributed by atoms with Crippen molar-refractivity contribution in [3.63, 3.8) is 0 Å². The van der Waals surface area contributed by atoms with Gasteiger partial charge in [0.15, 0.2) is 17.6 Å². The Morgan fingerprint density at radius 3 is 2.80 bits per heavy atom. The van der Waals surface area contributed by atoms with Crippen molar-refractivity contribution in [2.75, 3.05) is 7.11 Å². The van der Waals surface area contributed by atoms with Crippen LogP contribution in [0.2, 0.25) is 0 Å². The minimum absolute atomic E-state index is 0.0767. The minimum atomic E-state index is -0.0767. The molecule has 0 aliphatic rings. The molecule has 0 atom stereocenters. The van der Waals surface area contributed by atoms with Crippen molar-refractivity contribution in [1.29, 1.82) is 0 Å². The van der Waals surface area contributed by atoms with E-state index < -0.39 is 0 Å². The maximum absolute atomic E-state index is 12.7. The first kappa shape index (κ1) is 15.7. The van der Waals surface area contributed by atoms with E-state index in [4.69, 9.17) is 9.15 Å². The van der Waals surface area contributed by atoms with Crippen molar-refractivity contribution in [2.24, 2.45) is 0 Å². The number of hydrogen-bond donors (Lipinski definition) is 1. The second-order valence-electron chi connectivity index (χ2n) is 5.52. The predicted octanol–water partition coefficient (Wildman–Crippen LogP) is 4.62. The molecule has 0 unspecified atom stereocenters. The van der Waals surface area contributed by atoms with Crippen LogP contribution in [0.3, 0.4) is 0 Å². The number of ether oxygens (including phenoxy) is 1. The number of rotatable bonds is 3. The van der Waals surface area contributed by atoms with Gasteiger partial charge in [0.2, 0.25) is 0 Å². The zero-order chi connectivity index (χ0) is 17.4. The molecule has 0 spiro atoms. The molecule has 6 heteroatoms. The highest BCUT2D eigenvalue weighted by molar-refractivity contribution is 9.10. The average Bonchev–Trinajstić information content (AvgIpc) is 3.15. The van der Waals surface area contributed by atoms with Gasteiger partial charge in [0.25, 0.3) is 0 Å². The van der Waals surface area contributed by atoms with Crippen LogP contribution in [-0.2, 0) is 0 Å². The monoisotopic (exact) mass is 396 g/mol. The fourth-order valence-electron chi connectivity index (χ4n) is 2.80. The second kappa shape index (κ2) is 6.22. The van der Waals surface area contributed by atoms with Gasteiger partial charge < -0.3 is 14.1 Å². The van der Waals surface area contributed by atoms with Crippen LogP contribution in [0.1, 0.15) is 0 Å². The first-order valence-electron chi connectivity index (χ1n) is 7.55. The van der Waals surface area contributed by atoms with E-state index in [9.17, 15) is 4.79 Å². The number of oxazole rings is 1. The largest absolute Gasteiger partial charge is 0.496 e. The van der Waals surface area contributed by atoms with Crippen molar-refractivity contribution < 1.29 is 9.15 Å². The molecule has 1 N–H and O–H groups in total. The van der Waals surface area contributed by atoms with E-state index >= 15 is 0 Å². The number of H-pyrrole nitrogens is 1. The Bertz CT molecular complexity index is 1120. The minimum Gasteiger partial charge on any atom is -0.496 e. The van der Waals surface area contributed by atoms with Gasteiger partial charge in [-0.2, -0.15) is 0 Å². The number of hydrogen-bond acceptors (Lipinski definition) is 4. The third kappa shape index (κ3) is 2.85. The van der Waals surface area contributed by atoms with Crippen LogP contribution in [-0.4, -0.2) is 17.1 Å². The molecule has 124 valence electrons. The number of benzene rings is 2. The van der Waals surface area contributed by atoms with Gasteiger partial charge in [0.05, 0.1) is 24.4 Å². The molecule has 0 fully saturated rings. The molecule has 0 bridgehead atoms. The van der Waals surface area contributed by atoms with Crippen LogP contribution >= 0.6 is 15.9 Å². The standard InChI is InChI=1S/C19H13BrN2O3/c1-24-18-8-16-13(6-14(18)19-9-21-10-25-19)17(23)7-15(22-16)11-3-2-4-12(20)5-11/h2-10H,1H3,(H,22,23). The normalized spacial score (nSPS) is 11.0. The smallest absolute Gasteiger partial charge is 0.190 e. The van der Waals surface area contributed by atoms with Crippen molar-refractivity contribution in [2.45, 2.75) is 0 Å². The van der Waals surface area contributed by atoms with E-state index in [1.807, 2.05) is 24.3 Å². The van der Waals surface area contributed by atoms with Gasteiger partial charge in [-0.15, -0.1) is 0 Å². The Balaban J connectivity index is 1.95. The Labute approximate surface area is 151 Å². The SMILES string of the molecule is COc1cc2[nH]c(-c3cccc(Br)c3)cc(=O)c2cc1-c1cnco1. The first-order valence-corrected chi connectivity index (χ1v) is 8.35. The lowest BCUT2D eigenvalue weighted by molar-refractivity contribution is 0.415. The number of nitrogens with one attached hydrogen (secondary N) is 1. The lowest BCUT2D eigenvalue weighted by Crippen LogP contribution is -2.04. The lowest BCUT2D eigenvalue weighted by Gasteiger charge is -2.10. The Hall–Kier alpha value is -2.86. The quantitative estimate of drug-likeness (QED) is 0.548. The molecule has 0 aliphatic heterocycles. The number of halogens is 1. The van der Waals surface area contributed by atoms with Crippen molar-refractivity contribution in [1.82, 2.24) is 9.97 Å². The van der Waals surface area contributed by atoms with Gasteiger partial charge in [-0.1, -0.05) is 28.1 Å². The summed E-state index contributed by atoms with van der Waals surface area (Å²) in [5.74, 6) is 1.15. The highest BCUT2D eigenvalue weighted by Crippen LogP contribution is 2.33. The summed E-state index contributed by atoms with van der Waals surface area (Å²) in [5.41, 5.74) is 2.97. The predicted molar refractivity (Wildman–Crippen MR) is 99.8 cm³/mol. The molecule has 2 heterocycles. The Morgan fingerprint density at radius 2 is 2.08 bits per heavy atom. The zero-order valence-electron chi connectivity index (χ0n) is 13.2. The van der Waals surface area contributed by atoms with E-state index in [0.29, 0.717) is 28.0 Å². The molecule has 0 radical (unpaired) electrons. The molecule has 5 nitrogen and oxygen atoms in total. The Morgan fingerprint density at radius 1 is 1.20 bits per heavy atom. The van der Waals surface area contributed by atoms with Gasteiger partial charge in [-0.25, -0.2) is 4.98 Å². The summed E-state index contributed by atoms with van der Waals surface area (Å²) in [7, 11) is 1.58. The van der Waals surface area contributed by atoms with Gasteiger partial charge in [-0.3, -0.25) is 4.79 Å². The highest BCUT2D eigenvalue weighted by Gasteiger charge is 2.14. The van der Waals surface area contributed by atoms with Crippen LogP contribution in [0.4, 0.5) is 0 Å². The maximum atomic E-state index is 12.7. The van der Waals surface area contributed by atoms with Crippen LogP contribution in [0.5, 0.6) is 5.75 Å². The van der Waals surface area contributed by atoms with E-state index in [2.05, 4.69) is 25.9 Å². The van der Waals surface area contributed by atoms with E-state index in [1.165, 1.54) is 6.39 Å². The highest BCUT2D eigenvalue weighted by atomic mass is 79.9. The van der Waals surface area contributed by atoms with Crippen molar-refractivity contribution >= 4 is 26.8 Å². The first-order chi connectivity index (χ1) is 12.2. The summed E-state index contributed by atoms with van der Waals surface area (Å²) in [6.07, 6.45) is 2.94. The van der Waals surface area contributed by atoms with Crippen LogP contribution in [0.15, 0.2) is 68.7 Å². The third-order valence-corrected chi connectivity index (χ3v) is 4.48. The van der Waals surface area contributed by atoms with E-state index in [-0.39, 0.29) is 5.43 Å². The summed E-state index contributed by atoms with van der Waals surface area (Å²) in [6, 6.07) is 12.9. The fraction of sp³-hybridized carbons (Fsp3) is 0.0526. The molecule has 0 amide bonds. The summed E-state index contributed by atoms with van der Waals surface area (Å²) < 4.78 is 11.8. The molecule has 2 aromatic heterocycles. The molecule has 4 aromatic rings. The van der Waals surface area contributed by atoms with Crippen LogP contribution < -0.4 is 10.2 Å². The summed E-state index contributed by atoms with van der Waals surface area (Å²) >= 11 is 3.45. The lowest BCUT2D eigenvalue weighted by atomic mass is 10.1. The molecule has 25 heavy (non-hydrogen) atoms. The fourth-order valence-corrected chi connectivity index (χ4v) is 3.20. The second-order valence-corrected chi connectivity index (χ2v) is 6.44. The molecule has 4 rings (SSSR count). The number of methoxy groups -OCH3 is 1. The number of aromatic nitrogens is 2. The molecule has 0 aliphatic carbocycles. The summed E-state index contributed by atoms with van der Waals surface area (Å²) in [5, 5.41) is 0.561. The topological polar surface area (TPSA) is 68.1 Å². The van der Waals surface area contributed by atoms with Crippen molar-refractivity contribution in [3.8, 4) is 28.3 Å². The number of fused-ring (bicyclic) bond motifs is 1. The van der Waals surface area contributed by atoms with Gasteiger partial charge in [0.1, 0.15) is 5.75 Å². The summed E-state index contributed by atoms with van der Waals surface area (Å²) in [6.45, 7) is 0. The number of pyridine rings is 1. The Kier molecular flexibility index (Phi) is 3.89. The number of aromatic amines is 1. The molecular weight excluding hydrogens is 384 g/mol. The van der Waals surface area contributed by atoms with Gasteiger partial charge in [-0.05, 0) is 23.8 Å². The molecule has 0 saturated carbocycles. The molecule has 0 saturated heterocycles.